The Morgan fingerprint density at radius 3 is 2.38 bits per heavy atom. The zero-order valence-electron chi connectivity index (χ0n) is 14.2. The Hall–Kier alpha value is -3.18. The average molecular weight is 368 g/mol. The Bertz CT molecular complexity index is 871. The van der Waals surface area contributed by atoms with Gasteiger partial charge in [-0.1, -0.05) is 42.5 Å². The van der Waals surface area contributed by atoms with Gasteiger partial charge in [0.15, 0.2) is 0 Å². The van der Waals surface area contributed by atoms with E-state index in [9.17, 15) is 9.59 Å². The molecule has 2 aromatic carbocycles. The number of nitrogens with one attached hydrogen (secondary N) is 2. The lowest BCUT2D eigenvalue weighted by atomic mass is 10.1. The van der Waals surface area contributed by atoms with Crippen molar-refractivity contribution >= 4 is 41.0 Å². The first kappa shape index (κ1) is 19.1. The number of carbonyl (C=O) groups excluding carboxylic acids is 2. The van der Waals surface area contributed by atoms with Gasteiger partial charge in [-0.25, -0.2) is 0 Å². The maximum Gasteiger partial charge on any atom is 0.255 e. The van der Waals surface area contributed by atoms with Gasteiger partial charge < -0.3 is 10.6 Å². The van der Waals surface area contributed by atoms with Crippen LogP contribution in [0.2, 0.25) is 5.02 Å². The monoisotopic (exact) mass is 367 g/mol. The minimum Gasteiger partial charge on any atom is -0.329 e. The number of anilines is 2. The Kier molecular flexibility index (Phi) is 6.88. The first-order valence-electron chi connectivity index (χ1n) is 7.76. The van der Waals surface area contributed by atoms with Crippen LogP contribution in [0.3, 0.4) is 0 Å². The van der Waals surface area contributed by atoms with Crippen LogP contribution in [0.4, 0.5) is 11.4 Å². The van der Waals surface area contributed by atoms with Crippen molar-refractivity contribution in [3.8, 4) is 0 Å². The number of halogens is 1. The number of hydrogen-bond acceptors (Lipinski definition) is 3. The van der Waals surface area contributed by atoms with Crippen LogP contribution in [-0.4, -0.2) is 25.1 Å². The number of aliphatic imine (C=N–C) groups is 1. The van der Waals surface area contributed by atoms with Gasteiger partial charge in [0.25, 0.3) is 5.91 Å². The molecule has 132 valence electrons. The average Bonchev–Trinajstić information content (AvgIpc) is 2.62. The topological polar surface area (TPSA) is 70.6 Å². The van der Waals surface area contributed by atoms with Crippen LogP contribution in [-0.2, 0) is 4.79 Å². The summed E-state index contributed by atoms with van der Waals surface area (Å²) in [6.45, 7) is 3.63. The zero-order chi connectivity index (χ0) is 18.9. The third-order valence-electron chi connectivity index (χ3n) is 3.46. The molecule has 26 heavy (non-hydrogen) atoms. The molecule has 0 aromatic heterocycles. The van der Waals surface area contributed by atoms with Gasteiger partial charge in [0.1, 0.15) is 0 Å². The summed E-state index contributed by atoms with van der Waals surface area (Å²) in [5.41, 5.74) is 3.15. The fraction of sp³-hybridized carbons (Fsp3) is 0.0500. The highest BCUT2D eigenvalue weighted by molar-refractivity contribution is 6.31. The number of rotatable bonds is 7. The summed E-state index contributed by atoms with van der Waals surface area (Å²) in [6.07, 6.45) is 5.86. The van der Waals surface area contributed by atoms with Crippen molar-refractivity contribution in [2.24, 2.45) is 4.99 Å². The minimum atomic E-state index is -0.285. The number of hydrogen-bond donors (Lipinski definition) is 2. The highest BCUT2D eigenvalue weighted by Gasteiger charge is 2.08. The molecule has 0 aliphatic carbocycles. The molecule has 0 fully saturated rings. The largest absolute Gasteiger partial charge is 0.329 e. The second-order valence-electron chi connectivity index (χ2n) is 5.23. The summed E-state index contributed by atoms with van der Waals surface area (Å²) in [6, 6.07) is 11.9. The first-order valence-corrected chi connectivity index (χ1v) is 8.13. The molecule has 0 heterocycles. The van der Waals surface area contributed by atoms with Crippen molar-refractivity contribution in [3.63, 3.8) is 0 Å². The molecule has 0 saturated carbocycles. The Labute approximate surface area is 157 Å². The Balaban J connectivity index is 2.17. The third kappa shape index (κ3) is 5.16. The molecule has 0 aliphatic heterocycles. The second kappa shape index (κ2) is 9.34. The van der Waals surface area contributed by atoms with Crippen LogP contribution in [0.15, 0.2) is 72.3 Å². The maximum atomic E-state index is 12.4. The van der Waals surface area contributed by atoms with E-state index in [1.807, 2.05) is 18.2 Å². The predicted octanol–water partition coefficient (Wildman–Crippen LogP) is 4.32. The first-order chi connectivity index (χ1) is 12.6. The van der Waals surface area contributed by atoms with E-state index >= 15 is 0 Å². The summed E-state index contributed by atoms with van der Waals surface area (Å²) in [5.74, 6) is -0.285. The van der Waals surface area contributed by atoms with Crippen LogP contribution in [0.25, 0.3) is 0 Å². The van der Waals surface area contributed by atoms with Crippen molar-refractivity contribution in [2.75, 3.05) is 17.7 Å². The number of carbonyl (C=O) groups is 2. The lowest BCUT2D eigenvalue weighted by molar-refractivity contribution is -0.105. The number of nitrogens with zero attached hydrogens (tertiary/aromatic N) is 1. The molecule has 0 aliphatic rings. The molecule has 6 heteroatoms. The SMILES string of the molecule is C=C/C=C\C(=NC)c1ccc(C(=O)Nc2cc(Cl)cc(NC=O)c2)cc1. The van der Waals surface area contributed by atoms with Crippen LogP contribution < -0.4 is 10.6 Å². The molecule has 0 saturated heterocycles. The standard InChI is InChI=1S/C20H18ClN3O2/c1-3-4-5-19(22-2)14-6-8-15(9-7-14)20(26)24-18-11-16(21)10-17(12-18)23-13-25/h3-13H,1H2,2H3,(H,23,25)(H,24,26)/b5-4-,22-19?. The van der Waals surface area contributed by atoms with E-state index < -0.39 is 0 Å². The number of allylic oxidation sites excluding steroid dienone is 3. The third-order valence-corrected chi connectivity index (χ3v) is 3.67. The molecular weight excluding hydrogens is 350 g/mol. The van der Waals surface area contributed by atoms with Crippen molar-refractivity contribution in [2.45, 2.75) is 0 Å². The van der Waals surface area contributed by atoms with Crippen molar-refractivity contribution < 1.29 is 9.59 Å². The predicted molar refractivity (Wildman–Crippen MR) is 107 cm³/mol. The molecule has 0 unspecified atom stereocenters. The van der Waals surface area contributed by atoms with Gasteiger partial charge in [-0.15, -0.1) is 0 Å². The van der Waals surface area contributed by atoms with Crippen LogP contribution in [0, 0.1) is 0 Å². The van der Waals surface area contributed by atoms with E-state index in [1.165, 1.54) is 0 Å². The molecule has 0 radical (unpaired) electrons. The van der Waals surface area contributed by atoms with Gasteiger partial charge in [0.2, 0.25) is 6.41 Å². The van der Waals surface area contributed by atoms with Crippen molar-refractivity contribution in [1.29, 1.82) is 0 Å². The molecule has 0 bridgehead atoms. The molecule has 2 rings (SSSR count). The van der Waals surface area contributed by atoms with Gasteiger partial charge in [-0.05, 0) is 42.0 Å². The van der Waals surface area contributed by atoms with E-state index in [1.54, 1.807) is 49.5 Å². The molecule has 5 nitrogen and oxygen atoms in total. The summed E-state index contributed by atoms with van der Waals surface area (Å²) in [4.78, 5) is 27.2. The fourth-order valence-corrected chi connectivity index (χ4v) is 2.50. The lowest BCUT2D eigenvalue weighted by Crippen LogP contribution is -2.12. The molecule has 2 aromatic rings. The summed E-state index contributed by atoms with van der Waals surface area (Å²) in [5, 5.41) is 5.66. The second-order valence-corrected chi connectivity index (χ2v) is 5.66. The van der Waals surface area contributed by atoms with Crippen molar-refractivity contribution in [3.05, 3.63) is 83.4 Å². The molecule has 2 N–H and O–H groups in total. The van der Waals surface area contributed by atoms with Crippen molar-refractivity contribution in [1.82, 2.24) is 0 Å². The molecule has 0 spiro atoms. The van der Waals surface area contributed by atoms with Gasteiger partial charge in [-0.3, -0.25) is 14.6 Å². The van der Waals surface area contributed by atoms with Crippen LogP contribution >= 0.6 is 11.6 Å². The van der Waals surface area contributed by atoms with E-state index in [0.717, 1.165) is 11.3 Å². The van der Waals surface area contributed by atoms with E-state index in [2.05, 4.69) is 22.2 Å². The zero-order valence-corrected chi connectivity index (χ0v) is 15.0. The maximum absolute atomic E-state index is 12.4. The van der Waals surface area contributed by atoms with Gasteiger partial charge in [0.05, 0.1) is 5.71 Å². The normalized spacial score (nSPS) is 11.2. The smallest absolute Gasteiger partial charge is 0.255 e. The van der Waals surface area contributed by atoms with Gasteiger partial charge >= 0.3 is 0 Å². The summed E-state index contributed by atoms with van der Waals surface area (Å²) < 4.78 is 0. The molecule has 2 amide bonds. The van der Waals surface area contributed by atoms with E-state index in [4.69, 9.17) is 11.6 Å². The summed E-state index contributed by atoms with van der Waals surface area (Å²) in [7, 11) is 1.70. The Morgan fingerprint density at radius 2 is 1.77 bits per heavy atom. The van der Waals surface area contributed by atoms with E-state index in [0.29, 0.717) is 28.4 Å². The molecular formula is C20H18ClN3O2. The minimum absolute atomic E-state index is 0.285. The molecule has 0 atom stereocenters. The fourth-order valence-electron chi connectivity index (χ4n) is 2.27. The summed E-state index contributed by atoms with van der Waals surface area (Å²) >= 11 is 5.99. The van der Waals surface area contributed by atoms with E-state index in [-0.39, 0.29) is 5.91 Å². The van der Waals surface area contributed by atoms with Crippen LogP contribution in [0.5, 0.6) is 0 Å². The van der Waals surface area contributed by atoms with Gasteiger partial charge in [0, 0.05) is 29.0 Å². The van der Waals surface area contributed by atoms with Gasteiger partial charge in [-0.2, -0.15) is 0 Å². The number of amides is 2. The quantitative estimate of drug-likeness (QED) is 0.434. The van der Waals surface area contributed by atoms with Crippen LogP contribution in [0.1, 0.15) is 15.9 Å². The number of benzene rings is 2. The Morgan fingerprint density at radius 1 is 1.12 bits per heavy atom. The lowest BCUT2D eigenvalue weighted by Gasteiger charge is -2.09. The highest BCUT2D eigenvalue weighted by atomic mass is 35.5. The highest BCUT2D eigenvalue weighted by Crippen LogP contribution is 2.23.